The molecule has 1 rings (SSSR count). The van der Waals surface area contributed by atoms with Gasteiger partial charge in [-0.2, -0.15) is 9.58 Å². The third kappa shape index (κ3) is 1.96. The van der Waals surface area contributed by atoms with Crippen molar-refractivity contribution < 1.29 is 19.5 Å². The summed E-state index contributed by atoms with van der Waals surface area (Å²) in [6.45, 7) is 0. The maximum absolute atomic E-state index is 10.5. The zero-order valence-electron chi connectivity index (χ0n) is 6.64. The molecule has 0 saturated carbocycles. The van der Waals surface area contributed by atoms with Crippen molar-refractivity contribution >= 4 is 17.4 Å². The second-order valence-electron chi connectivity index (χ2n) is 2.59. The molecule has 6 heteroatoms. The second kappa shape index (κ2) is 3.58. The van der Waals surface area contributed by atoms with Gasteiger partial charge in [-0.1, -0.05) is 0 Å². The summed E-state index contributed by atoms with van der Waals surface area (Å²) in [5, 5.41) is 8.62. The summed E-state index contributed by atoms with van der Waals surface area (Å²) in [5.41, 5.74) is 17.3. The van der Waals surface area contributed by atoms with E-state index in [1.807, 2.05) is 0 Å². The van der Waals surface area contributed by atoms with E-state index in [-0.39, 0.29) is 29.8 Å². The highest BCUT2D eigenvalue weighted by Crippen LogP contribution is 2.11. The van der Waals surface area contributed by atoms with Gasteiger partial charge in [0, 0.05) is 6.08 Å². The number of allylic oxidation sites excluding steroid dienone is 1. The van der Waals surface area contributed by atoms with Crippen molar-refractivity contribution in [2.24, 2.45) is 0 Å². The van der Waals surface area contributed by atoms with Crippen LogP contribution >= 0.6 is 0 Å². The van der Waals surface area contributed by atoms with Crippen LogP contribution in [-0.4, -0.2) is 32.1 Å². The summed E-state index contributed by atoms with van der Waals surface area (Å²) in [4.78, 5) is 16.3. The number of rotatable bonds is 1. The molecule has 0 aromatic heterocycles. The smallest absolute Gasteiger partial charge is 0.332 e. The monoisotopic (exact) mass is 178 g/mol. The van der Waals surface area contributed by atoms with Crippen LogP contribution in [0.4, 0.5) is 0 Å². The molecule has 0 fully saturated rings. The second-order valence-corrected chi connectivity index (χ2v) is 2.59. The number of hydrogen-bond acceptors (Lipinski definition) is 1. The zero-order chi connectivity index (χ0) is 9.84. The fourth-order valence-corrected chi connectivity index (χ4v) is 1.07. The van der Waals surface area contributed by atoms with Crippen LogP contribution < -0.4 is 0 Å². The van der Waals surface area contributed by atoms with Crippen LogP contribution in [0.15, 0.2) is 11.6 Å². The third-order valence-corrected chi connectivity index (χ3v) is 1.67. The number of carbonyl (C=O) groups is 1. The SMILES string of the molecule is [N-]=[N+]=C1C=C(C(=O)O)CC(=[N+]=[N-])C1. The Morgan fingerprint density at radius 2 is 2.08 bits per heavy atom. The Labute approximate surface area is 73.4 Å². The molecule has 13 heavy (non-hydrogen) atoms. The van der Waals surface area contributed by atoms with Crippen LogP contribution in [0.3, 0.4) is 0 Å². The molecule has 0 spiro atoms. The van der Waals surface area contributed by atoms with Gasteiger partial charge in [-0.15, -0.1) is 0 Å². The zero-order valence-corrected chi connectivity index (χ0v) is 6.64. The van der Waals surface area contributed by atoms with Gasteiger partial charge in [0.25, 0.3) is 5.71 Å². The van der Waals surface area contributed by atoms with Gasteiger partial charge in [0.15, 0.2) is 0 Å². The summed E-state index contributed by atoms with van der Waals surface area (Å²) in [7, 11) is 0. The summed E-state index contributed by atoms with van der Waals surface area (Å²) in [5.74, 6) is -1.11. The average molecular weight is 178 g/mol. The Kier molecular flexibility index (Phi) is 2.50. The van der Waals surface area contributed by atoms with Crippen molar-refractivity contribution in [2.75, 3.05) is 0 Å². The first-order valence-electron chi connectivity index (χ1n) is 3.52. The Balaban J connectivity index is 3.12. The molecule has 0 aromatic carbocycles. The van der Waals surface area contributed by atoms with E-state index in [4.69, 9.17) is 16.2 Å². The molecule has 66 valence electrons. The minimum absolute atomic E-state index is 0.0480. The van der Waals surface area contributed by atoms with E-state index in [9.17, 15) is 4.79 Å². The predicted molar refractivity (Wildman–Crippen MR) is 42.2 cm³/mol. The van der Waals surface area contributed by atoms with E-state index in [0.717, 1.165) is 0 Å². The summed E-state index contributed by atoms with van der Waals surface area (Å²) >= 11 is 0. The summed E-state index contributed by atoms with van der Waals surface area (Å²) in [6.07, 6.45) is 1.51. The standard InChI is InChI=1S/C7H6N4O2/c8-10-5-1-4(7(12)13)2-6(3-5)11-9/h1H,2-3H2,(H,12,13). The first-order valence-corrected chi connectivity index (χ1v) is 3.52. The molecule has 1 aliphatic carbocycles. The topological polar surface area (TPSA) is 110 Å². The maximum Gasteiger partial charge on any atom is 0.332 e. The Hall–Kier alpha value is -2.03. The van der Waals surface area contributed by atoms with Crippen LogP contribution in [0.25, 0.3) is 11.1 Å². The van der Waals surface area contributed by atoms with Gasteiger partial charge in [0.05, 0.1) is 12.0 Å². The molecule has 0 bridgehead atoms. The Bertz CT molecular complexity index is 383. The molecule has 0 aliphatic heterocycles. The molecule has 1 aliphatic rings. The van der Waals surface area contributed by atoms with Crippen LogP contribution in [0.2, 0.25) is 0 Å². The molecule has 6 nitrogen and oxygen atoms in total. The lowest BCUT2D eigenvalue weighted by molar-refractivity contribution is -0.132. The largest absolute Gasteiger partial charge is 0.478 e. The highest BCUT2D eigenvalue weighted by atomic mass is 16.4. The lowest BCUT2D eigenvalue weighted by Crippen LogP contribution is -2.19. The molecule has 1 N–H and O–H groups in total. The van der Waals surface area contributed by atoms with Crippen LogP contribution in [0.1, 0.15) is 12.8 Å². The highest BCUT2D eigenvalue weighted by Gasteiger charge is 2.28. The Morgan fingerprint density at radius 3 is 2.54 bits per heavy atom. The molecule has 0 unspecified atom stereocenters. The van der Waals surface area contributed by atoms with Crippen LogP contribution in [0, 0.1) is 0 Å². The van der Waals surface area contributed by atoms with Gasteiger partial charge < -0.3 is 16.2 Å². The van der Waals surface area contributed by atoms with Crippen molar-refractivity contribution in [3.8, 4) is 0 Å². The van der Waals surface area contributed by atoms with E-state index in [1.165, 1.54) is 6.08 Å². The van der Waals surface area contributed by atoms with Crippen molar-refractivity contribution in [3.63, 3.8) is 0 Å². The van der Waals surface area contributed by atoms with Gasteiger partial charge in [-0.25, -0.2) is 4.79 Å². The highest BCUT2D eigenvalue weighted by molar-refractivity contribution is 6.14. The van der Waals surface area contributed by atoms with Gasteiger partial charge in [0.2, 0.25) is 0 Å². The lowest BCUT2D eigenvalue weighted by atomic mass is 9.96. The number of aliphatic carboxylic acids is 1. The molecule has 0 amide bonds. The molecule has 0 heterocycles. The molecule has 0 aromatic rings. The van der Waals surface area contributed by atoms with E-state index in [0.29, 0.717) is 0 Å². The van der Waals surface area contributed by atoms with Gasteiger partial charge in [-0.3, -0.25) is 0 Å². The van der Waals surface area contributed by atoms with Crippen molar-refractivity contribution in [1.82, 2.24) is 0 Å². The molecular formula is C7H6N4O2. The Morgan fingerprint density at radius 1 is 1.38 bits per heavy atom. The fraction of sp³-hybridized carbons (Fsp3) is 0.286. The van der Waals surface area contributed by atoms with Crippen LogP contribution in [-0.2, 0) is 4.79 Å². The molecule has 0 atom stereocenters. The maximum atomic E-state index is 10.5. The number of carboxylic acids is 1. The van der Waals surface area contributed by atoms with E-state index in [2.05, 4.69) is 9.58 Å². The van der Waals surface area contributed by atoms with Crippen molar-refractivity contribution in [2.45, 2.75) is 12.8 Å². The first kappa shape index (κ1) is 9.06. The molecule has 0 radical (unpaired) electrons. The van der Waals surface area contributed by atoms with E-state index < -0.39 is 5.97 Å². The van der Waals surface area contributed by atoms with Gasteiger partial charge >= 0.3 is 11.7 Å². The van der Waals surface area contributed by atoms with Crippen molar-refractivity contribution in [3.05, 3.63) is 22.7 Å². The molecular weight excluding hydrogens is 172 g/mol. The average Bonchev–Trinajstić information content (AvgIpc) is 2.16. The van der Waals surface area contributed by atoms with Gasteiger partial charge in [-0.05, 0) is 0 Å². The minimum Gasteiger partial charge on any atom is -0.478 e. The minimum atomic E-state index is -1.11. The van der Waals surface area contributed by atoms with Gasteiger partial charge in [0.1, 0.15) is 6.42 Å². The fourth-order valence-electron chi connectivity index (χ4n) is 1.07. The molecule has 0 saturated heterocycles. The van der Waals surface area contributed by atoms with E-state index >= 15 is 0 Å². The van der Waals surface area contributed by atoms with E-state index in [1.54, 1.807) is 0 Å². The summed E-state index contributed by atoms with van der Waals surface area (Å²) in [6, 6.07) is 0. The number of nitrogens with zero attached hydrogens (tertiary/aromatic N) is 4. The van der Waals surface area contributed by atoms with Crippen molar-refractivity contribution in [1.29, 1.82) is 0 Å². The lowest BCUT2D eigenvalue weighted by Gasteiger charge is -2.00. The first-order chi connectivity index (χ1) is 6.17. The number of hydrogen-bond donors (Lipinski definition) is 1. The summed E-state index contributed by atoms with van der Waals surface area (Å²) < 4.78 is 0. The number of carboxylic acid groups (broad SMARTS) is 1. The predicted octanol–water partition coefficient (Wildman–Crippen LogP) is 0.133. The quantitative estimate of drug-likeness (QED) is 0.454. The third-order valence-electron chi connectivity index (χ3n) is 1.67. The van der Waals surface area contributed by atoms with Crippen LogP contribution in [0.5, 0.6) is 0 Å². The normalized spacial score (nSPS) is 15.8.